The third-order valence-electron chi connectivity index (χ3n) is 2.06. The molecule has 0 aromatic heterocycles. The van der Waals surface area contributed by atoms with Gasteiger partial charge in [0.05, 0.1) is 5.75 Å². The largest absolute Gasteiger partial charge is 0.396 e. The van der Waals surface area contributed by atoms with E-state index in [1.54, 1.807) is 0 Å². The first-order chi connectivity index (χ1) is 6.87. The summed E-state index contributed by atoms with van der Waals surface area (Å²) in [6.07, 6.45) is 1.62. The molecule has 92 valence electrons. The normalized spacial score (nSPS) is 14.5. The maximum Gasteiger partial charge on any atom is 0.211 e. The molecule has 5 heteroatoms. The lowest BCUT2D eigenvalue weighted by Gasteiger charge is -2.10. The Balaban J connectivity index is 3.67. The molecule has 0 amide bonds. The lowest BCUT2D eigenvalue weighted by atomic mass is 10.1. The molecular weight excluding hydrogens is 214 g/mol. The molecule has 0 aliphatic rings. The summed E-state index contributed by atoms with van der Waals surface area (Å²) in [6, 6.07) is 0. The van der Waals surface area contributed by atoms with Gasteiger partial charge in [-0.2, -0.15) is 0 Å². The van der Waals surface area contributed by atoms with Crippen LogP contribution in [0.25, 0.3) is 0 Å². The quantitative estimate of drug-likeness (QED) is 0.618. The number of aliphatic hydroxyl groups excluding tert-OH is 1. The van der Waals surface area contributed by atoms with Crippen LogP contribution in [0.5, 0.6) is 0 Å². The molecule has 0 rings (SSSR count). The molecule has 0 aromatic carbocycles. The first-order valence-corrected chi connectivity index (χ1v) is 7.10. The van der Waals surface area contributed by atoms with E-state index >= 15 is 0 Å². The van der Waals surface area contributed by atoms with Crippen molar-refractivity contribution in [1.29, 1.82) is 0 Å². The standard InChI is InChI=1S/C10H23NO3S/c1-9(2)8-15(13,14)11-6-4-5-10(3)7-12/h9-12H,4-8H2,1-3H3. The van der Waals surface area contributed by atoms with Crippen LogP contribution in [0.2, 0.25) is 0 Å². The van der Waals surface area contributed by atoms with Crippen molar-refractivity contribution in [2.75, 3.05) is 18.9 Å². The minimum absolute atomic E-state index is 0.152. The van der Waals surface area contributed by atoms with Gasteiger partial charge in [0.15, 0.2) is 0 Å². The van der Waals surface area contributed by atoms with Crippen LogP contribution in [0.3, 0.4) is 0 Å². The van der Waals surface area contributed by atoms with Crippen LogP contribution in [0.1, 0.15) is 33.6 Å². The van der Waals surface area contributed by atoms with Crippen LogP contribution >= 0.6 is 0 Å². The molecule has 1 atom stereocenters. The van der Waals surface area contributed by atoms with Crippen LogP contribution in [-0.2, 0) is 10.0 Å². The van der Waals surface area contributed by atoms with Crippen molar-refractivity contribution >= 4 is 10.0 Å². The van der Waals surface area contributed by atoms with Crippen molar-refractivity contribution < 1.29 is 13.5 Å². The molecule has 0 saturated heterocycles. The maximum absolute atomic E-state index is 11.4. The SMILES string of the molecule is CC(C)CS(=O)(=O)NCCCC(C)CO. The average molecular weight is 237 g/mol. The van der Waals surface area contributed by atoms with Gasteiger partial charge in [0.2, 0.25) is 10.0 Å². The van der Waals surface area contributed by atoms with Crippen LogP contribution < -0.4 is 4.72 Å². The molecule has 4 nitrogen and oxygen atoms in total. The van der Waals surface area contributed by atoms with Gasteiger partial charge in [-0.25, -0.2) is 13.1 Å². The fourth-order valence-corrected chi connectivity index (χ4v) is 2.72. The molecular formula is C10H23NO3S. The number of nitrogens with one attached hydrogen (secondary N) is 1. The second-order valence-corrected chi connectivity index (χ2v) is 6.35. The second-order valence-electron chi connectivity index (χ2n) is 4.50. The summed E-state index contributed by atoms with van der Waals surface area (Å²) >= 11 is 0. The Bertz CT molecular complexity index is 249. The van der Waals surface area contributed by atoms with Crippen LogP contribution in [-0.4, -0.2) is 32.4 Å². The van der Waals surface area contributed by atoms with Gasteiger partial charge >= 0.3 is 0 Å². The van der Waals surface area contributed by atoms with Crippen LogP contribution in [0.15, 0.2) is 0 Å². The summed E-state index contributed by atoms with van der Waals surface area (Å²) in [4.78, 5) is 0. The zero-order valence-corrected chi connectivity index (χ0v) is 10.7. The lowest BCUT2D eigenvalue weighted by Crippen LogP contribution is -2.29. The highest BCUT2D eigenvalue weighted by atomic mass is 32.2. The summed E-state index contributed by atoms with van der Waals surface area (Å²) in [5.74, 6) is 0.584. The Hall–Kier alpha value is -0.130. The van der Waals surface area contributed by atoms with Gasteiger partial charge in [-0.15, -0.1) is 0 Å². The van der Waals surface area contributed by atoms with Gasteiger partial charge in [0, 0.05) is 13.2 Å². The fraction of sp³-hybridized carbons (Fsp3) is 1.00. The predicted octanol–water partition coefficient (Wildman–Crippen LogP) is 0.970. The molecule has 0 spiro atoms. The predicted molar refractivity (Wildman–Crippen MR) is 62.1 cm³/mol. The van der Waals surface area contributed by atoms with Gasteiger partial charge in [-0.1, -0.05) is 20.8 Å². The smallest absolute Gasteiger partial charge is 0.211 e. The molecule has 0 bridgehead atoms. The first-order valence-electron chi connectivity index (χ1n) is 5.45. The molecule has 0 aliphatic carbocycles. The van der Waals surface area contributed by atoms with E-state index in [9.17, 15) is 8.42 Å². The molecule has 1 unspecified atom stereocenters. The fourth-order valence-electron chi connectivity index (χ4n) is 1.27. The highest BCUT2D eigenvalue weighted by Gasteiger charge is 2.11. The van der Waals surface area contributed by atoms with E-state index in [0.717, 1.165) is 12.8 Å². The van der Waals surface area contributed by atoms with Crippen molar-refractivity contribution in [1.82, 2.24) is 4.72 Å². The zero-order valence-electron chi connectivity index (χ0n) is 9.86. The van der Waals surface area contributed by atoms with Gasteiger partial charge in [0.1, 0.15) is 0 Å². The number of aliphatic hydroxyl groups is 1. The third kappa shape index (κ3) is 8.84. The van der Waals surface area contributed by atoms with Crippen molar-refractivity contribution in [3.05, 3.63) is 0 Å². The topological polar surface area (TPSA) is 66.4 Å². The Kier molecular flexibility index (Phi) is 7.13. The molecule has 0 radical (unpaired) electrons. The monoisotopic (exact) mass is 237 g/mol. The highest BCUT2D eigenvalue weighted by Crippen LogP contribution is 2.03. The molecule has 0 saturated carbocycles. The molecule has 0 heterocycles. The van der Waals surface area contributed by atoms with Crippen molar-refractivity contribution in [2.24, 2.45) is 11.8 Å². The average Bonchev–Trinajstić information content (AvgIpc) is 2.10. The van der Waals surface area contributed by atoms with Crippen LogP contribution in [0.4, 0.5) is 0 Å². The van der Waals surface area contributed by atoms with E-state index in [4.69, 9.17) is 5.11 Å². The first kappa shape index (κ1) is 14.9. The second kappa shape index (κ2) is 7.19. The molecule has 2 N–H and O–H groups in total. The maximum atomic E-state index is 11.4. The molecule has 0 aromatic rings. The Morgan fingerprint density at radius 2 is 1.87 bits per heavy atom. The number of hydrogen-bond donors (Lipinski definition) is 2. The van der Waals surface area contributed by atoms with E-state index in [1.807, 2.05) is 20.8 Å². The van der Waals surface area contributed by atoms with E-state index < -0.39 is 10.0 Å². The summed E-state index contributed by atoms with van der Waals surface area (Å²) in [7, 11) is -3.10. The van der Waals surface area contributed by atoms with Gasteiger partial charge in [0.25, 0.3) is 0 Å². The van der Waals surface area contributed by atoms with Gasteiger partial charge in [-0.3, -0.25) is 0 Å². The Morgan fingerprint density at radius 3 is 2.33 bits per heavy atom. The van der Waals surface area contributed by atoms with E-state index in [0.29, 0.717) is 6.54 Å². The molecule has 0 aliphatic heterocycles. The van der Waals surface area contributed by atoms with Gasteiger partial charge < -0.3 is 5.11 Å². The summed E-state index contributed by atoms with van der Waals surface area (Å²) in [5, 5.41) is 8.77. The Morgan fingerprint density at radius 1 is 1.27 bits per heavy atom. The number of sulfonamides is 1. The summed E-state index contributed by atoms with van der Waals surface area (Å²) in [5.41, 5.74) is 0. The third-order valence-corrected chi connectivity index (χ3v) is 3.81. The van der Waals surface area contributed by atoms with Crippen molar-refractivity contribution in [3.8, 4) is 0 Å². The van der Waals surface area contributed by atoms with Crippen molar-refractivity contribution in [3.63, 3.8) is 0 Å². The van der Waals surface area contributed by atoms with E-state index in [1.165, 1.54) is 0 Å². The Labute approximate surface area is 93.1 Å². The van der Waals surface area contributed by atoms with E-state index in [-0.39, 0.29) is 24.2 Å². The minimum Gasteiger partial charge on any atom is -0.396 e. The van der Waals surface area contributed by atoms with Crippen molar-refractivity contribution in [2.45, 2.75) is 33.6 Å². The van der Waals surface area contributed by atoms with E-state index in [2.05, 4.69) is 4.72 Å². The number of rotatable bonds is 8. The zero-order chi connectivity index (χ0) is 11.9. The summed E-state index contributed by atoms with van der Waals surface area (Å²) in [6.45, 7) is 6.35. The number of hydrogen-bond acceptors (Lipinski definition) is 3. The molecule has 15 heavy (non-hydrogen) atoms. The lowest BCUT2D eigenvalue weighted by molar-refractivity contribution is 0.228. The molecule has 0 fully saturated rings. The van der Waals surface area contributed by atoms with Gasteiger partial charge in [-0.05, 0) is 24.7 Å². The van der Waals surface area contributed by atoms with Crippen LogP contribution in [0, 0.1) is 11.8 Å². The summed E-state index contributed by atoms with van der Waals surface area (Å²) < 4.78 is 25.3. The highest BCUT2D eigenvalue weighted by molar-refractivity contribution is 7.89. The minimum atomic E-state index is -3.10.